The molecule has 0 unspecified atom stereocenters. The van der Waals surface area contributed by atoms with Crippen molar-refractivity contribution >= 4 is 28.7 Å². The van der Waals surface area contributed by atoms with Crippen LogP contribution in [0.3, 0.4) is 0 Å². The lowest BCUT2D eigenvalue weighted by molar-refractivity contribution is -0.136. The van der Waals surface area contributed by atoms with Crippen molar-refractivity contribution in [2.24, 2.45) is 0 Å². The van der Waals surface area contributed by atoms with Crippen LogP contribution in [-0.2, 0) is 6.18 Å². The molecule has 0 spiro atoms. The van der Waals surface area contributed by atoms with Gasteiger partial charge in [0.05, 0.1) is 22.0 Å². The average Bonchev–Trinajstić information content (AvgIpc) is 2.34. The molecule has 0 atom stereocenters. The van der Waals surface area contributed by atoms with E-state index >= 15 is 0 Å². The first-order chi connectivity index (χ1) is 9.68. The van der Waals surface area contributed by atoms with Crippen molar-refractivity contribution in [1.29, 1.82) is 0 Å². The maximum absolute atomic E-state index is 13.6. The minimum atomic E-state index is -4.69. The average molecular weight is 323 g/mol. The van der Waals surface area contributed by atoms with Crippen LogP contribution in [0.5, 0.6) is 0 Å². The Kier molecular flexibility index (Phi) is 3.95. The zero-order chi connectivity index (χ0) is 15.8. The van der Waals surface area contributed by atoms with Gasteiger partial charge in [0.1, 0.15) is 5.82 Å². The van der Waals surface area contributed by atoms with Crippen LogP contribution in [0.2, 0.25) is 5.02 Å². The van der Waals surface area contributed by atoms with Crippen molar-refractivity contribution in [1.82, 2.24) is 0 Å². The molecular formula is C13H8ClF5N2. The largest absolute Gasteiger partial charge is 0.418 e. The quantitative estimate of drug-likeness (QED) is 0.605. The summed E-state index contributed by atoms with van der Waals surface area (Å²) >= 11 is 5.63. The molecule has 3 N–H and O–H groups in total. The van der Waals surface area contributed by atoms with E-state index in [1.807, 2.05) is 0 Å². The third-order valence-corrected chi connectivity index (χ3v) is 2.91. The van der Waals surface area contributed by atoms with Gasteiger partial charge in [-0.1, -0.05) is 11.6 Å². The van der Waals surface area contributed by atoms with E-state index in [1.54, 1.807) is 0 Å². The van der Waals surface area contributed by atoms with E-state index in [0.29, 0.717) is 12.1 Å². The zero-order valence-corrected chi connectivity index (χ0v) is 11.0. The molecule has 0 saturated carbocycles. The molecule has 0 amide bonds. The molecule has 0 aromatic heterocycles. The lowest BCUT2D eigenvalue weighted by atomic mass is 10.1. The fourth-order valence-corrected chi connectivity index (χ4v) is 1.94. The summed E-state index contributed by atoms with van der Waals surface area (Å²) < 4.78 is 65.3. The molecule has 2 nitrogen and oxygen atoms in total. The van der Waals surface area contributed by atoms with Gasteiger partial charge >= 0.3 is 6.18 Å². The van der Waals surface area contributed by atoms with Crippen LogP contribution in [0.4, 0.5) is 39.0 Å². The van der Waals surface area contributed by atoms with Gasteiger partial charge < -0.3 is 11.1 Å². The van der Waals surface area contributed by atoms with E-state index in [2.05, 4.69) is 5.32 Å². The Labute approximate surface area is 121 Å². The second-order valence-electron chi connectivity index (χ2n) is 4.17. The van der Waals surface area contributed by atoms with Crippen LogP contribution >= 0.6 is 11.6 Å². The molecular weight excluding hydrogens is 315 g/mol. The highest BCUT2D eigenvalue weighted by Crippen LogP contribution is 2.39. The summed E-state index contributed by atoms with van der Waals surface area (Å²) in [4.78, 5) is 0. The zero-order valence-electron chi connectivity index (χ0n) is 10.2. The normalized spacial score (nSPS) is 11.5. The summed E-state index contributed by atoms with van der Waals surface area (Å²) in [6.07, 6.45) is -4.69. The molecule has 0 radical (unpaired) electrons. The molecule has 0 heterocycles. The van der Waals surface area contributed by atoms with E-state index in [0.717, 1.165) is 12.1 Å². The third-order valence-electron chi connectivity index (χ3n) is 2.62. The van der Waals surface area contributed by atoms with Gasteiger partial charge in [0, 0.05) is 11.8 Å². The van der Waals surface area contributed by atoms with Gasteiger partial charge in [-0.2, -0.15) is 13.2 Å². The van der Waals surface area contributed by atoms with Crippen molar-refractivity contribution in [3.8, 4) is 0 Å². The van der Waals surface area contributed by atoms with E-state index in [1.165, 1.54) is 6.07 Å². The number of hydrogen-bond donors (Lipinski definition) is 2. The number of rotatable bonds is 2. The molecule has 0 saturated heterocycles. The molecule has 0 aliphatic carbocycles. The van der Waals surface area contributed by atoms with Gasteiger partial charge in [-0.15, -0.1) is 0 Å². The highest BCUT2D eigenvalue weighted by molar-refractivity contribution is 6.33. The van der Waals surface area contributed by atoms with Gasteiger partial charge in [0.2, 0.25) is 0 Å². The Hall–Kier alpha value is -2.02. The number of nitrogens with one attached hydrogen (secondary N) is 1. The molecule has 0 fully saturated rings. The van der Waals surface area contributed by atoms with Crippen molar-refractivity contribution in [3.05, 3.63) is 52.6 Å². The first-order valence-corrected chi connectivity index (χ1v) is 5.94. The van der Waals surface area contributed by atoms with Gasteiger partial charge in [-0.05, 0) is 24.3 Å². The summed E-state index contributed by atoms with van der Waals surface area (Å²) in [5, 5.41) is 1.84. The highest BCUT2D eigenvalue weighted by Gasteiger charge is 2.34. The Bertz CT molecular complexity index is 662. The number of halogens is 6. The fraction of sp³-hybridized carbons (Fsp3) is 0.0769. The van der Waals surface area contributed by atoms with Crippen LogP contribution in [0.25, 0.3) is 0 Å². The Morgan fingerprint density at radius 3 is 2.29 bits per heavy atom. The van der Waals surface area contributed by atoms with Crippen molar-refractivity contribution in [2.45, 2.75) is 6.18 Å². The van der Waals surface area contributed by atoms with Crippen LogP contribution in [0.15, 0.2) is 30.3 Å². The molecule has 21 heavy (non-hydrogen) atoms. The Morgan fingerprint density at radius 1 is 1.05 bits per heavy atom. The number of anilines is 3. The number of alkyl halides is 3. The monoisotopic (exact) mass is 322 g/mol. The molecule has 8 heteroatoms. The second-order valence-corrected chi connectivity index (χ2v) is 4.58. The van der Waals surface area contributed by atoms with E-state index in [9.17, 15) is 22.0 Å². The predicted octanol–water partition coefficient (Wildman–Crippen LogP) is 4.96. The van der Waals surface area contributed by atoms with Gasteiger partial charge in [0.15, 0.2) is 5.82 Å². The first-order valence-electron chi connectivity index (χ1n) is 5.57. The smallest absolute Gasteiger partial charge is 0.399 e. The molecule has 0 aliphatic rings. The van der Waals surface area contributed by atoms with Crippen LogP contribution in [0.1, 0.15) is 5.56 Å². The lowest BCUT2D eigenvalue weighted by Gasteiger charge is -2.16. The summed E-state index contributed by atoms with van der Waals surface area (Å²) in [6.45, 7) is 0. The summed E-state index contributed by atoms with van der Waals surface area (Å²) in [6, 6.07) is 4.26. The molecule has 2 rings (SSSR count). The topological polar surface area (TPSA) is 38.0 Å². The number of hydrogen-bond acceptors (Lipinski definition) is 2. The number of nitrogens with two attached hydrogens (primary N) is 1. The van der Waals surface area contributed by atoms with E-state index < -0.39 is 34.7 Å². The maximum Gasteiger partial charge on any atom is 0.418 e. The van der Waals surface area contributed by atoms with Crippen molar-refractivity contribution < 1.29 is 22.0 Å². The summed E-state index contributed by atoms with van der Waals surface area (Å²) in [7, 11) is 0. The molecule has 2 aromatic rings. The second kappa shape index (κ2) is 5.40. The Balaban J connectivity index is 2.50. The molecule has 0 bridgehead atoms. The molecule has 112 valence electrons. The van der Waals surface area contributed by atoms with E-state index in [4.69, 9.17) is 17.3 Å². The van der Waals surface area contributed by atoms with Gasteiger partial charge in [-0.25, -0.2) is 8.78 Å². The maximum atomic E-state index is 13.6. The first kappa shape index (κ1) is 15.4. The molecule has 2 aromatic carbocycles. The number of nitrogen functional groups attached to an aromatic ring is 1. The van der Waals surface area contributed by atoms with Crippen LogP contribution in [0, 0.1) is 11.6 Å². The van der Waals surface area contributed by atoms with Crippen LogP contribution < -0.4 is 11.1 Å². The van der Waals surface area contributed by atoms with Crippen molar-refractivity contribution in [2.75, 3.05) is 11.1 Å². The minimum Gasteiger partial charge on any atom is -0.399 e. The lowest BCUT2D eigenvalue weighted by Crippen LogP contribution is -2.10. The SMILES string of the molecule is Nc1ccc(Nc2c(F)cc(F)cc2Cl)c(C(F)(F)F)c1. The van der Waals surface area contributed by atoms with Gasteiger partial charge in [0.25, 0.3) is 0 Å². The fourth-order valence-electron chi connectivity index (χ4n) is 1.70. The van der Waals surface area contributed by atoms with Gasteiger partial charge in [-0.3, -0.25) is 0 Å². The Morgan fingerprint density at radius 2 is 1.71 bits per heavy atom. The third kappa shape index (κ3) is 3.36. The highest BCUT2D eigenvalue weighted by atomic mass is 35.5. The van der Waals surface area contributed by atoms with E-state index in [-0.39, 0.29) is 10.7 Å². The summed E-state index contributed by atoms with van der Waals surface area (Å²) in [5.41, 5.74) is 3.25. The molecule has 0 aliphatic heterocycles. The number of benzene rings is 2. The van der Waals surface area contributed by atoms with Crippen molar-refractivity contribution in [3.63, 3.8) is 0 Å². The van der Waals surface area contributed by atoms with Crippen LogP contribution in [-0.4, -0.2) is 0 Å². The summed E-state index contributed by atoms with van der Waals surface area (Å²) in [5.74, 6) is -2.04. The standard InChI is InChI=1S/C13H8ClF5N2/c14-9-3-6(15)4-10(16)12(9)21-11-2-1-7(20)5-8(11)13(17,18)19/h1-5,21H,20H2. The minimum absolute atomic E-state index is 0.0986. The predicted molar refractivity (Wildman–Crippen MR) is 70.5 cm³/mol.